The number of nitrogens with one attached hydrogen (secondary N) is 2. The summed E-state index contributed by atoms with van der Waals surface area (Å²) in [6.07, 6.45) is 12.8. The molecule has 0 bridgehead atoms. The Labute approximate surface area is 111 Å². The van der Waals surface area contributed by atoms with Gasteiger partial charge < -0.3 is 10.6 Å². The van der Waals surface area contributed by atoms with Crippen LogP contribution in [-0.4, -0.2) is 25.0 Å². The van der Waals surface area contributed by atoms with Crippen molar-refractivity contribution in [2.75, 3.05) is 13.1 Å². The zero-order chi connectivity index (χ0) is 12.6. The molecule has 0 heterocycles. The lowest BCUT2D eigenvalue weighted by Crippen LogP contribution is -2.38. The maximum absolute atomic E-state index is 11.8. The van der Waals surface area contributed by atoms with Crippen LogP contribution in [-0.2, 0) is 4.79 Å². The van der Waals surface area contributed by atoms with Crippen molar-refractivity contribution < 1.29 is 4.79 Å². The van der Waals surface area contributed by atoms with E-state index in [1.54, 1.807) is 0 Å². The minimum atomic E-state index is 0.287. The maximum atomic E-state index is 11.8. The smallest absolute Gasteiger partial charge is 0.223 e. The lowest BCUT2D eigenvalue weighted by molar-refractivity contribution is -0.124. The summed E-state index contributed by atoms with van der Waals surface area (Å²) in [5, 5.41) is 6.67. The average molecular weight is 252 g/mol. The quantitative estimate of drug-likeness (QED) is 0.583. The molecule has 3 nitrogen and oxygen atoms in total. The van der Waals surface area contributed by atoms with Crippen molar-refractivity contribution >= 4 is 5.91 Å². The number of carbonyl (C=O) groups excluding carboxylic acids is 1. The van der Waals surface area contributed by atoms with Crippen LogP contribution in [0.4, 0.5) is 0 Å². The lowest BCUT2D eigenvalue weighted by Gasteiger charge is -2.17. The van der Waals surface area contributed by atoms with Gasteiger partial charge in [0.1, 0.15) is 0 Å². The van der Waals surface area contributed by atoms with E-state index in [0.717, 1.165) is 25.9 Å². The van der Waals surface area contributed by atoms with Crippen LogP contribution in [0.5, 0.6) is 0 Å². The number of carbonyl (C=O) groups is 1. The molecule has 1 amide bonds. The summed E-state index contributed by atoms with van der Waals surface area (Å²) < 4.78 is 0. The zero-order valence-electron chi connectivity index (χ0n) is 11.5. The molecule has 0 radical (unpaired) electrons. The molecule has 2 N–H and O–H groups in total. The molecule has 0 aromatic carbocycles. The SMILES string of the molecule is O=C(NCCNC1CCCCCC1)C1CCCC1. The molecule has 0 atom stereocenters. The predicted octanol–water partition coefficient (Wildman–Crippen LogP) is 2.61. The second-order valence-electron chi connectivity index (χ2n) is 5.92. The highest BCUT2D eigenvalue weighted by molar-refractivity contribution is 5.78. The van der Waals surface area contributed by atoms with Gasteiger partial charge in [0.05, 0.1) is 0 Å². The van der Waals surface area contributed by atoms with E-state index in [2.05, 4.69) is 10.6 Å². The Hall–Kier alpha value is -0.570. The molecular formula is C15H28N2O. The molecule has 2 aliphatic rings. The number of hydrogen-bond acceptors (Lipinski definition) is 2. The summed E-state index contributed by atoms with van der Waals surface area (Å²) in [6, 6.07) is 0.691. The van der Waals surface area contributed by atoms with Gasteiger partial charge in [0.25, 0.3) is 0 Å². The molecule has 104 valence electrons. The second kappa shape index (κ2) is 7.78. The van der Waals surface area contributed by atoms with Gasteiger partial charge in [-0.3, -0.25) is 4.79 Å². The van der Waals surface area contributed by atoms with Crippen LogP contribution in [0.3, 0.4) is 0 Å². The predicted molar refractivity (Wildman–Crippen MR) is 74.5 cm³/mol. The first-order chi connectivity index (χ1) is 8.86. The van der Waals surface area contributed by atoms with E-state index in [0.29, 0.717) is 12.0 Å². The van der Waals surface area contributed by atoms with Crippen LogP contribution < -0.4 is 10.6 Å². The Morgan fingerprint density at radius 2 is 1.44 bits per heavy atom. The van der Waals surface area contributed by atoms with Crippen molar-refractivity contribution in [3.8, 4) is 0 Å². The van der Waals surface area contributed by atoms with E-state index in [1.807, 2.05) is 0 Å². The van der Waals surface area contributed by atoms with Crippen molar-refractivity contribution in [2.24, 2.45) is 5.92 Å². The highest BCUT2D eigenvalue weighted by Crippen LogP contribution is 2.24. The van der Waals surface area contributed by atoms with Crippen LogP contribution in [0.2, 0.25) is 0 Å². The second-order valence-corrected chi connectivity index (χ2v) is 5.92. The Kier molecular flexibility index (Phi) is 5.98. The van der Waals surface area contributed by atoms with Crippen molar-refractivity contribution in [1.29, 1.82) is 0 Å². The third-order valence-electron chi connectivity index (χ3n) is 4.44. The highest BCUT2D eigenvalue weighted by atomic mass is 16.1. The molecule has 0 saturated heterocycles. The number of rotatable bonds is 5. The fourth-order valence-electron chi connectivity index (χ4n) is 3.28. The molecule has 18 heavy (non-hydrogen) atoms. The minimum Gasteiger partial charge on any atom is -0.355 e. The van der Waals surface area contributed by atoms with Crippen molar-refractivity contribution in [3.63, 3.8) is 0 Å². The molecule has 3 heteroatoms. The standard InChI is InChI=1S/C15H28N2O/c18-15(13-7-5-6-8-13)17-12-11-16-14-9-3-1-2-4-10-14/h13-14,16H,1-12H2,(H,17,18). The minimum absolute atomic E-state index is 0.287. The Balaban J connectivity index is 1.53. The van der Waals surface area contributed by atoms with Crippen LogP contribution in [0.1, 0.15) is 64.2 Å². The van der Waals surface area contributed by atoms with Gasteiger partial charge in [-0.1, -0.05) is 38.5 Å². The molecule has 2 aliphatic carbocycles. The highest BCUT2D eigenvalue weighted by Gasteiger charge is 2.22. The zero-order valence-corrected chi connectivity index (χ0v) is 11.5. The van der Waals surface area contributed by atoms with Gasteiger partial charge >= 0.3 is 0 Å². The van der Waals surface area contributed by atoms with E-state index < -0.39 is 0 Å². The van der Waals surface area contributed by atoms with Gasteiger partial charge in [0.15, 0.2) is 0 Å². The topological polar surface area (TPSA) is 41.1 Å². The number of amides is 1. The lowest BCUT2D eigenvalue weighted by atomic mass is 10.1. The molecule has 0 spiro atoms. The normalized spacial score (nSPS) is 22.9. The fourth-order valence-corrected chi connectivity index (χ4v) is 3.28. The van der Waals surface area contributed by atoms with Crippen LogP contribution in [0, 0.1) is 5.92 Å². The summed E-state index contributed by atoms with van der Waals surface area (Å²) in [7, 11) is 0. The molecule has 0 aromatic heterocycles. The van der Waals surface area contributed by atoms with E-state index in [9.17, 15) is 4.79 Å². The van der Waals surface area contributed by atoms with Crippen molar-refractivity contribution in [3.05, 3.63) is 0 Å². The molecule has 0 aromatic rings. The first-order valence-corrected chi connectivity index (χ1v) is 7.87. The van der Waals surface area contributed by atoms with Crippen LogP contribution in [0.15, 0.2) is 0 Å². The Bertz CT molecular complexity index is 241. The Morgan fingerprint density at radius 3 is 2.11 bits per heavy atom. The molecule has 0 aliphatic heterocycles. The van der Waals surface area contributed by atoms with Gasteiger partial charge in [-0.25, -0.2) is 0 Å². The summed E-state index contributed by atoms with van der Waals surface area (Å²) >= 11 is 0. The van der Waals surface area contributed by atoms with E-state index in [4.69, 9.17) is 0 Å². The third kappa shape index (κ3) is 4.60. The van der Waals surface area contributed by atoms with Crippen molar-refractivity contribution in [1.82, 2.24) is 10.6 Å². The number of hydrogen-bond donors (Lipinski definition) is 2. The summed E-state index contributed by atoms with van der Waals surface area (Å²) in [5.41, 5.74) is 0. The Morgan fingerprint density at radius 1 is 0.833 bits per heavy atom. The van der Waals surface area contributed by atoms with Gasteiger partial charge in [0.2, 0.25) is 5.91 Å². The van der Waals surface area contributed by atoms with E-state index >= 15 is 0 Å². The van der Waals surface area contributed by atoms with Gasteiger partial charge in [0, 0.05) is 25.0 Å². The van der Waals surface area contributed by atoms with Crippen LogP contribution >= 0.6 is 0 Å². The molecular weight excluding hydrogens is 224 g/mol. The third-order valence-corrected chi connectivity index (χ3v) is 4.44. The fraction of sp³-hybridized carbons (Fsp3) is 0.933. The van der Waals surface area contributed by atoms with Crippen LogP contribution in [0.25, 0.3) is 0 Å². The summed E-state index contributed by atoms with van der Waals surface area (Å²) in [4.78, 5) is 11.8. The van der Waals surface area contributed by atoms with Gasteiger partial charge in [-0.2, -0.15) is 0 Å². The average Bonchev–Trinajstić information content (AvgIpc) is 2.80. The monoisotopic (exact) mass is 252 g/mol. The summed E-state index contributed by atoms with van der Waals surface area (Å²) in [5.74, 6) is 0.595. The molecule has 2 rings (SSSR count). The molecule has 2 saturated carbocycles. The summed E-state index contributed by atoms with van der Waals surface area (Å²) in [6.45, 7) is 1.73. The first kappa shape index (κ1) is 13.9. The maximum Gasteiger partial charge on any atom is 0.223 e. The largest absolute Gasteiger partial charge is 0.355 e. The molecule has 0 unspecified atom stereocenters. The first-order valence-electron chi connectivity index (χ1n) is 7.87. The molecule has 2 fully saturated rings. The van der Waals surface area contributed by atoms with Gasteiger partial charge in [-0.15, -0.1) is 0 Å². The van der Waals surface area contributed by atoms with Crippen molar-refractivity contribution in [2.45, 2.75) is 70.3 Å². The van der Waals surface area contributed by atoms with E-state index in [-0.39, 0.29) is 5.91 Å². The van der Waals surface area contributed by atoms with E-state index in [1.165, 1.54) is 51.4 Å². The van der Waals surface area contributed by atoms with Gasteiger partial charge in [-0.05, 0) is 25.7 Å².